The molecule has 0 aliphatic rings. The van der Waals surface area contributed by atoms with E-state index in [1.165, 1.54) is 238 Å². The molecule has 1 unspecified atom stereocenters. The summed E-state index contributed by atoms with van der Waals surface area (Å²) in [5.74, 6) is -0.879. The number of unbranched alkanes of at least 4 members (excludes halogenated alkanes) is 45. The fourth-order valence-electron chi connectivity index (χ4n) is 10.2. The number of hydrogen-bond acceptors (Lipinski definition) is 6. The van der Waals surface area contributed by atoms with E-state index < -0.39 is 6.10 Å². The lowest BCUT2D eigenvalue weighted by atomic mass is 10.0. The first-order valence-electron chi connectivity index (χ1n) is 33.5. The molecule has 0 fully saturated rings. The predicted octanol–water partition coefficient (Wildman–Crippen LogP) is 22.8. The number of esters is 3. The molecule has 6 heteroatoms. The molecule has 0 amide bonds. The molecule has 0 aliphatic heterocycles. The van der Waals surface area contributed by atoms with Crippen molar-refractivity contribution >= 4 is 17.9 Å². The van der Waals surface area contributed by atoms with E-state index >= 15 is 0 Å². The van der Waals surface area contributed by atoms with Crippen molar-refractivity contribution in [3.8, 4) is 0 Å². The van der Waals surface area contributed by atoms with Crippen LogP contribution in [0, 0.1) is 0 Å². The van der Waals surface area contributed by atoms with Crippen molar-refractivity contribution in [1.82, 2.24) is 0 Å². The first-order valence-corrected chi connectivity index (χ1v) is 33.5. The largest absolute Gasteiger partial charge is 0.462 e. The van der Waals surface area contributed by atoms with Crippen LogP contribution in [0.2, 0.25) is 0 Å². The predicted molar refractivity (Wildman–Crippen MR) is 326 cm³/mol. The molecule has 0 aromatic rings. The van der Waals surface area contributed by atoms with Gasteiger partial charge >= 0.3 is 17.9 Å². The topological polar surface area (TPSA) is 78.9 Å². The van der Waals surface area contributed by atoms with Gasteiger partial charge in [-0.1, -0.05) is 333 Å². The fraction of sp³-hybridized carbons (Fsp3) is 0.870. The van der Waals surface area contributed by atoms with Gasteiger partial charge in [0, 0.05) is 19.3 Å². The van der Waals surface area contributed by atoms with E-state index in [2.05, 4.69) is 57.2 Å². The zero-order chi connectivity index (χ0) is 54.3. The Morgan fingerprint density at radius 1 is 0.280 bits per heavy atom. The Kier molecular flexibility index (Phi) is 62.1. The van der Waals surface area contributed by atoms with Crippen LogP contribution in [0.1, 0.15) is 367 Å². The summed E-state index contributed by atoms with van der Waals surface area (Å²) in [5, 5.41) is 0. The number of ether oxygens (including phenoxy) is 3. The summed E-state index contributed by atoms with van der Waals surface area (Å²) in [4.78, 5) is 37.9. The summed E-state index contributed by atoms with van der Waals surface area (Å²) >= 11 is 0. The second-order valence-electron chi connectivity index (χ2n) is 22.7. The van der Waals surface area contributed by atoms with Crippen molar-refractivity contribution in [2.45, 2.75) is 374 Å². The highest BCUT2D eigenvalue weighted by atomic mass is 16.6. The SMILES string of the molecule is CC/C=C\C/C=C\C/C=C\CCCCCCCCCC(=O)OC(COC(=O)CCCCCCC)COC(=O)CCCCCCCCCCCCCCCCCCCCCCCCCCCCCCCCCCCCC. The molecular weight excluding hydrogens is 925 g/mol. The highest BCUT2D eigenvalue weighted by molar-refractivity contribution is 5.71. The Hall–Kier alpha value is -2.37. The molecule has 0 saturated heterocycles. The second-order valence-corrected chi connectivity index (χ2v) is 22.7. The van der Waals surface area contributed by atoms with Crippen LogP contribution in [0.3, 0.4) is 0 Å². The van der Waals surface area contributed by atoms with Gasteiger partial charge in [0.15, 0.2) is 6.10 Å². The molecule has 0 bridgehead atoms. The Labute approximate surface area is 467 Å². The summed E-state index contributed by atoms with van der Waals surface area (Å²) < 4.78 is 16.8. The van der Waals surface area contributed by atoms with E-state index in [-0.39, 0.29) is 31.1 Å². The minimum Gasteiger partial charge on any atom is -0.462 e. The van der Waals surface area contributed by atoms with Gasteiger partial charge in [0.2, 0.25) is 0 Å². The zero-order valence-corrected chi connectivity index (χ0v) is 50.6. The highest BCUT2D eigenvalue weighted by Gasteiger charge is 2.19. The van der Waals surface area contributed by atoms with E-state index in [4.69, 9.17) is 14.2 Å². The summed E-state index contributed by atoms with van der Waals surface area (Å²) in [6, 6.07) is 0. The third-order valence-corrected chi connectivity index (χ3v) is 15.2. The summed E-state index contributed by atoms with van der Waals surface area (Å²) in [6.45, 7) is 6.49. The van der Waals surface area contributed by atoms with Gasteiger partial charge in [-0.15, -0.1) is 0 Å². The van der Waals surface area contributed by atoms with Crippen LogP contribution in [0.25, 0.3) is 0 Å². The minimum atomic E-state index is -0.772. The number of rotatable bonds is 62. The van der Waals surface area contributed by atoms with Gasteiger partial charge in [0.1, 0.15) is 13.2 Å². The van der Waals surface area contributed by atoms with Crippen molar-refractivity contribution in [2.24, 2.45) is 0 Å². The van der Waals surface area contributed by atoms with Gasteiger partial charge in [-0.05, 0) is 51.4 Å². The molecule has 0 N–H and O–H groups in total. The van der Waals surface area contributed by atoms with Gasteiger partial charge in [-0.25, -0.2) is 0 Å². The Morgan fingerprint density at radius 3 is 0.813 bits per heavy atom. The quantitative estimate of drug-likeness (QED) is 0.0261. The summed E-state index contributed by atoms with van der Waals surface area (Å²) in [5.41, 5.74) is 0. The Bertz CT molecular complexity index is 1250. The van der Waals surface area contributed by atoms with Crippen LogP contribution in [0.15, 0.2) is 36.5 Å². The molecule has 0 saturated carbocycles. The molecule has 0 heterocycles. The van der Waals surface area contributed by atoms with Crippen LogP contribution in [0.5, 0.6) is 0 Å². The van der Waals surface area contributed by atoms with Crippen molar-refractivity contribution in [1.29, 1.82) is 0 Å². The van der Waals surface area contributed by atoms with Crippen molar-refractivity contribution in [3.63, 3.8) is 0 Å². The maximum absolute atomic E-state index is 12.8. The molecule has 0 rings (SSSR count). The van der Waals surface area contributed by atoms with E-state index in [0.717, 1.165) is 89.9 Å². The van der Waals surface area contributed by atoms with Crippen molar-refractivity contribution < 1.29 is 28.6 Å². The van der Waals surface area contributed by atoms with Crippen LogP contribution in [0.4, 0.5) is 0 Å². The van der Waals surface area contributed by atoms with Crippen LogP contribution in [-0.2, 0) is 28.6 Å². The standard InChI is InChI=1S/C69H128O6/c1-4-7-10-13-15-17-19-21-23-25-26-27-28-29-30-31-32-33-34-35-36-37-38-39-40-41-42-44-45-47-49-51-53-56-59-62-68(71)74-65-66(64-73-67(70)61-58-55-12-9-6-3)75-69(72)63-60-57-54-52-50-48-46-43-24-22-20-18-16-14-11-8-5-2/h8,11,16,18,22,24,66H,4-7,9-10,12-15,17,19-21,23,25-65H2,1-3H3/b11-8-,18-16-,24-22-. The Balaban J connectivity index is 3.84. The molecule has 6 nitrogen and oxygen atoms in total. The molecule has 0 spiro atoms. The van der Waals surface area contributed by atoms with Crippen molar-refractivity contribution in [2.75, 3.05) is 13.2 Å². The maximum Gasteiger partial charge on any atom is 0.306 e. The molecule has 0 aromatic carbocycles. The van der Waals surface area contributed by atoms with E-state index in [0.29, 0.717) is 19.3 Å². The summed E-state index contributed by atoms with van der Waals surface area (Å²) in [6.07, 6.45) is 79.6. The van der Waals surface area contributed by atoms with Gasteiger partial charge < -0.3 is 14.2 Å². The van der Waals surface area contributed by atoms with Gasteiger partial charge in [0.25, 0.3) is 0 Å². The lowest BCUT2D eigenvalue weighted by Crippen LogP contribution is -2.30. The molecule has 75 heavy (non-hydrogen) atoms. The van der Waals surface area contributed by atoms with Crippen molar-refractivity contribution in [3.05, 3.63) is 36.5 Å². The van der Waals surface area contributed by atoms with Gasteiger partial charge in [0.05, 0.1) is 0 Å². The molecule has 0 aromatic heterocycles. The lowest BCUT2D eigenvalue weighted by Gasteiger charge is -2.18. The average molecular weight is 1050 g/mol. The fourth-order valence-corrected chi connectivity index (χ4v) is 10.2. The number of carbonyl (C=O) groups excluding carboxylic acids is 3. The normalized spacial score (nSPS) is 12.2. The monoisotopic (exact) mass is 1050 g/mol. The maximum atomic E-state index is 12.8. The van der Waals surface area contributed by atoms with Gasteiger partial charge in [-0.2, -0.15) is 0 Å². The first kappa shape index (κ1) is 72.6. The smallest absolute Gasteiger partial charge is 0.306 e. The Morgan fingerprint density at radius 2 is 0.520 bits per heavy atom. The van der Waals surface area contributed by atoms with Gasteiger partial charge in [-0.3, -0.25) is 14.4 Å². The summed E-state index contributed by atoms with van der Waals surface area (Å²) in [7, 11) is 0. The molecule has 0 aliphatic carbocycles. The lowest BCUT2D eigenvalue weighted by molar-refractivity contribution is -0.167. The van der Waals surface area contributed by atoms with Crippen LogP contribution in [-0.4, -0.2) is 37.2 Å². The number of hydrogen-bond donors (Lipinski definition) is 0. The highest BCUT2D eigenvalue weighted by Crippen LogP contribution is 2.19. The third kappa shape index (κ3) is 62.4. The molecule has 1 atom stereocenters. The van der Waals surface area contributed by atoms with E-state index in [1.807, 2.05) is 0 Å². The zero-order valence-electron chi connectivity index (χ0n) is 50.6. The molecular formula is C69H128O6. The average Bonchev–Trinajstić information content (AvgIpc) is 3.41. The number of allylic oxidation sites excluding steroid dienone is 6. The van der Waals surface area contributed by atoms with E-state index in [9.17, 15) is 14.4 Å². The molecule has 0 radical (unpaired) electrons. The van der Waals surface area contributed by atoms with Crippen LogP contribution >= 0.6 is 0 Å². The third-order valence-electron chi connectivity index (χ3n) is 15.2. The first-order chi connectivity index (χ1) is 37.0. The minimum absolute atomic E-state index is 0.0728. The van der Waals surface area contributed by atoms with Crippen LogP contribution < -0.4 is 0 Å². The second kappa shape index (κ2) is 64.2. The van der Waals surface area contributed by atoms with E-state index in [1.54, 1.807) is 0 Å². The molecule has 440 valence electrons. The number of carbonyl (C=O) groups is 3.